The highest BCUT2D eigenvalue weighted by Gasteiger charge is 2.45. The van der Waals surface area contributed by atoms with Crippen molar-refractivity contribution in [2.45, 2.75) is 42.5 Å². The van der Waals surface area contributed by atoms with Crippen LogP contribution in [0.1, 0.15) is 20.3 Å². The Balaban J connectivity index is 2.36. The monoisotopic (exact) mass is 349 g/mol. The Morgan fingerprint density at radius 3 is 2.41 bits per heavy atom. The highest BCUT2D eigenvalue weighted by atomic mass is 32.2. The van der Waals surface area contributed by atoms with Gasteiger partial charge in [-0.2, -0.15) is 0 Å². The lowest BCUT2D eigenvalue weighted by Gasteiger charge is -2.23. The van der Waals surface area contributed by atoms with Gasteiger partial charge in [-0.05, 0) is 37.6 Å². The van der Waals surface area contributed by atoms with E-state index in [9.17, 15) is 21.2 Å². The Bertz CT molecular complexity index is 729. The lowest BCUT2D eigenvalue weighted by Crippen LogP contribution is -2.46. The number of sulfone groups is 2. The summed E-state index contributed by atoms with van der Waals surface area (Å²) in [5.41, 5.74) is 0. The van der Waals surface area contributed by atoms with Gasteiger partial charge in [0.2, 0.25) is 0 Å². The fourth-order valence-corrected chi connectivity index (χ4v) is 7.24. The number of halogens is 1. The smallest absolute Gasteiger partial charge is 0.183 e. The molecule has 0 saturated carbocycles. The summed E-state index contributed by atoms with van der Waals surface area (Å²) in [6.07, 6.45) is 0.764. The summed E-state index contributed by atoms with van der Waals surface area (Å²) in [4.78, 5) is -0.0491. The van der Waals surface area contributed by atoms with Crippen LogP contribution in [0.2, 0.25) is 0 Å². The molecule has 5 nitrogen and oxygen atoms in total. The molecular formula is C14H20FNO4S2. The van der Waals surface area contributed by atoms with Gasteiger partial charge in [0, 0.05) is 12.1 Å². The van der Waals surface area contributed by atoms with Crippen LogP contribution in [-0.4, -0.2) is 45.7 Å². The zero-order valence-corrected chi connectivity index (χ0v) is 14.1. The van der Waals surface area contributed by atoms with Crippen molar-refractivity contribution in [2.75, 3.05) is 11.5 Å². The first kappa shape index (κ1) is 17.4. The van der Waals surface area contributed by atoms with E-state index in [0.717, 1.165) is 18.6 Å². The lowest BCUT2D eigenvalue weighted by molar-refractivity contribution is 0.456. The van der Waals surface area contributed by atoms with Crippen molar-refractivity contribution < 1.29 is 21.2 Å². The van der Waals surface area contributed by atoms with Crippen LogP contribution in [0.5, 0.6) is 0 Å². The van der Waals surface area contributed by atoms with E-state index in [4.69, 9.17) is 0 Å². The second kappa shape index (κ2) is 6.25. The van der Waals surface area contributed by atoms with Crippen molar-refractivity contribution in [2.24, 2.45) is 0 Å². The molecule has 8 heteroatoms. The highest BCUT2D eigenvalue weighted by Crippen LogP contribution is 2.26. The van der Waals surface area contributed by atoms with Crippen LogP contribution in [0.15, 0.2) is 29.2 Å². The fraction of sp³-hybridized carbons (Fsp3) is 0.571. The maximum absolute atomic E-state index is 13.0. The first-order chi connectivity index (χ1) is 10.2. The van der Waals surface area contributed by atoms with Gasteiger partial charge in [-0.1, -0.05) is 6.92 Å². The van der Waals surface area contributed by atoms with E-state index in [0.29, 0.717) is 0 Å². The summed E-state index contributed by atoms with van der Waals surface area (Å²) in [6, 6.07) is 3.85. The van der Waals surface area contributed by atoms with E-state index in [-0.39, 0.29) is 16.7 Å². The lowest BCUT2D eigenvalue weighted by atomic mass is 10.2. The van der Waals surface area contributed by atoms with Gasteiger partial charge in [0.05, 0.1) is 21.7 Å². The zero-order valence-electron chi connectivity index (χ0n) is 12.5. The van der Waals surface area contributed by atoms with E-state index in [1.54, 1.807) is 0 Å². The van der Waals surface area contributed by atoms with Crippen molar-refractivity contribution in [3.05, 3.63) is 30.1 Å². The first-order valence-corrected chi connectivity index (χ1v) is 10.5. The van der Waals surface area contributed by atoms with Crippen LogP contribution in [0, 0.1) is 5.82 Å². The van der Waals surface area contributed by atoms with E-state index < -0.39 is 42.5 Å². The van der Waals surface area contributed by atoms with Gasteiger partial charge in [0.25, 0.3) is 0 Å². The summed E-state index contributed by atoms with van der Waals surface area (Å²) in [5.74, 6) is -1.13. The predicted octanol–water partition coefficient (Wildman–Crippen LogP) is 1.15. The first-order valence-electron chi connectivity index (χ1n) is 7.11. The molecule has 1 heterocycles. The average Bonchev–Trinajstić information content (AvgIpc) is 2.74. The molecule has 3 atom stereocenters. The van der Waals surface area contributed by atoms with Gasteiger partial charge in [0.1, 0.15) is 5.82 Å². The van der Waals surface area contributed by atoms with Crippen molar-refractivity contribution >= 4 is 19.7 Å². The minimum atomic E-state index is -3.84. The molecule has 0 bridgehead atoms. The number of hydrogen-bond acceptors (Lipinski definition) is 5. The molecule has 1 aliphatic heterocycles. The molecule has 1 saturated heterocycles. The molecule has 1 aromatic carbocycles. The topological polar surface area (TPSA) is 80.3 Å². The molecular weight excluding hydrogens is 329 g/mol. The minimum absolute atomic E-state index is 0.0178. The Morgan fingerprint density at radius 1 is 1.27 bits per heavy atom. The van der Waals surface area contributed by atoms with Crippen LogP contribution in [0.3, 0.4) is 0 Å². The molecule has 1 aliphatic rings. The molecule has 3 unspecified atom stereocenters. The summed E-state index contributed by atoms with van der Waals surface area (Å²) in [5, 5.41) is 2.04. The summed E-state index contributed by atoms with van der Waals surface area (Å²) in [7, 11) is -7.25. The van der Waals surface area contributed by atoms with Crippen molar-refractivity contribution in [1.29, 1.82) is 0 Å². The van der Waals surface area contributed by atoms with Crippen LogP contribution >= 0.6 is 0 Å². The summed E-state index contributed by atoms with van der Waals surface area (Å²) in [6.45, 7) is 3.82. The highest BCUT2D eigenvalue weighted by molar-refractivity contribution is 7.96. The van der Waals surface area contributed by atoms with Gasteiger partial charge in [-0.15, -0.1) is 0 Å². The van der Waals surface area contributed by atoms with Gasteiger partial charge in [0.15, 0.2) is 19.7 Å². The number of rotatable bonds is 5. The van der Waals surface area contributed by atoms with Crippen molar-refractivity contribution in [3.8, 4) is 0 Å². The average molecular weight is 349 g/mol. The van der Waals surface area contributed by atoms with Crippen LogP contribution in [-0.2, 0) is 19.7 Å². The zero-order chi connectivity index (χ0) is 16.5. The second-order valence-electron chi connectivity index (χ2n) is 5.70. The summed E-state index contributed by atoms with van der Waals surface area (Å²) >= 11 is 0. The van der Waals surface area contributed by atoms with Crippen molar-refractivity contribution in [1.82, 2.24) is 5.32 Å². The SMILES string of the molecule is CCC(C)NC1CS(=O)(=O)CC1S(=O)(=O)c1ccc(F)cc1. The third-order valence-corrected chi connectivity index (χ3v) is 8.12. The third kappa shape index (κ3) is 3.67. The molecule has 0 spiro atoms. The molecule has 0 radical (unpaired) electrons. The Hall–Kier alpha value is -0.990. The quantitative estimate of drug-likeness (QED) is 0.807. The van der Waals surface area contributed by atoms with E-state index in [1.807, 2.05) is 13.8 Å². The van der Waals surface area contributed by atoms with E-state index in [1.165, 1.54) is 12.1 Å². The van der Waals surface area contributed by atoms with Crippen LogP contribution in [0.4, 0.5) is 4.39 Å². The molecule has 0 amide bonds. The molecule has 124 valence electrons. The Kier molecular flexibility index (Phi) is 4.93. The molecule has 2 rings (SSSR count). The van der Waals surface area contributed by atoms with Gasteiger partial charge >= 0.3 is 0 Å². The molecule has 22 heavy (non-hydrogen) atoms. The molecule has 0 aliphatic carbocycles. The van der Waals surface area contributed by atoms with Crippen LogP contribution in [0.25, 0.3) is 0 Å². The van der Waals surface area contributed by atoms with Gasteiger partial charge < -0.3 is 5.32 Å². The molecule has 1 fully saturated rings. The minimum Gasteiger partial charge on any atom is -0.309 e. The molecule has 1 aromatic rings. The summed E-state index contributed by atoms with van der Waals surface area (Å²) < 4.78 is 62.1. The standard InChI is InChI=1S/C14H20FNO4S2/c1-3-10(2)16-13-8-21(17,18)9-14(13)22(19,20)12-6-4-11(15)5-7-12/h4-7,10,13-14,16H,3,8-9H2,1-2H3. The fourth-order valence-electron chi connectivity index (χ4n) is 2.56. The Labute approximate surface area is 130 Å². The number of hydrogen-bond donors (Lipinski definition) is 1. The van der Waals surface area contributed by atoms with E-state index >= 15 is 0 Å². The third-order valence-electron chi connectivity index (χ3n) is 3.95. The van der Waals surface area contributed by atoms with Crippen LogP contribution < -0.4 is 5.32 Å². The number of nitrogens with one attached hydrogen (secondary N) is 1. The Morgan fingerprint density at radius 2 is 1.86 bits per heavy atom. The predicted molar refractivity (Wildman–Crippen MR) is 82.7 cm³/mol. The van der Waals surface area contributed by atoms with E-state index in [2.05, 4.69) is 5.32 Å². The maximum atomic E-state index is 13.0. The maximum Gasteiger partial charge on any atom is 0.183 e. The molecule has 1 N–H and O–H groups in total. The normalized spacial score (nSPS) is 26.0. The largest absolute Gasteiger partial charge is 0.309 e. The van der Waals surface area contributed by atoms with Gasteiger partial charge in [-0.3, -0.25) is 0 Å². The van der Waals surface area contributed by atoms with Gasteiger partial charge in [-0.25, -0.2) is 21.2 Å². The second-order valence-corrected chi connectivity index (χ2v) is 10.0. The number of benzene rings is 1. The van der Waals surface area contributed by atoms with Crippen molar-refractivity contribution in [3.63, 3.8) is 0 Å². The molecule has 0 aromatic heterocycles.